The monoisotopic (exact) mass is 308 g/mol. The van der Waals surface area contributed by atoms with Crippen LogP contribution in [0.1, 0.15) is 10.5 Å². The standard InChI is InChI=1S/C14H11F3N4O/c1-2-7-18-11-6-5-10(20-21-11)14(22)19-9-4-3-8(15)12(16)13(9)17/h2-6H,1,7H2,(H,18,21)(H,19,22). The van der Waals surface area contributed by atoms with Crippen LogP contribution in [0, 0.1) is 17.5 Å². The highest BCUT2D eigenvalue weighted by Gasteiger charge is 2.16. The Kier molecular flexibility index (Phi) is 4.72. The highest BCUT2D eigenvalue weighted by atomic mass is 19.2. The van der Waals surface area contributed by atoms with Crippen LogP contribution in [0.3, 0.4) is 0 Å². The minimum atomic E-state index is -1.66. The highest BCUT2D eigenvalue weighted by Crippen LogP contribution is 2.20. The van der Waals surface area contributed by atoms with Crippen molar-refractivity contribution in [3.8, 4) is 0 Å². The molecule has 114 valence electrons. The first kappa shape index (κ1) is 15.5. The van der Waals surface area contributed by atoms with E-state index < -0.39 is 29.0 Å². The first-order valence-corrected chi connectivity index (χ1v) is 6.16. The molecule has 1 heterocycles. The molecule has 0 saturated heterocycles. The fourth-order valence-electron chi connectivity index (χ4n) is 1.53. The number of halogens is 3. The number of amides is 1. The van der Waals surface area contributed by atoms with Crippen molar-refractivity contribution in [3.05, 3.63) is 60.1 Å². The van der Waals surface area contributed by atoms with Crippen LogP contribution in [0.4, 0.5) is 24.7 Å². The van der Waals surface area contributed by atoms with Gasteiger partial charge in [-0.1, -0.05) is 6.08 Å². The maximum Gasteiger partial charge on any atom is 0.276 e. The number of benzene rings is 1. The second-order valence-electron chi connectivity index (χ2n) is 4.15. The number of hydrogen-bond donors (Lipinski definition) is 2. The van der Waals surface area contributed by atoms with Gasteiger partial charge in [0, 0.05) is 6.54 Å². The number of carbonyl (C=O) groups is 1. The fraction of sp³-hybridized carbons (Fsp3) is 0.0714. The Bertz CT molecular complexity index is 704. The van der Waals surface area contributed by atoms with Gasteiger partial charge in [0.2, 0.25) is 0 Å². The van der Waals surface area contributed by atoms with Crippen LogP contribution >= 0.6 is 0 Å². The fourth-order valence-corrected chi connectivity index (χ4v) is 1.53. The Morgan fingerprint density at radius 3 is 2.55 bits per heavy atom. The van der Waals surface area contributed by atoms with Gasteiger partial charge in [0.15, 0.2) is 23.1 Å². The van der Waals surface area contributed by atoms with Crippen molar-refractivity contribution in [3.63, 3.8) is 0 Å². The van der Waals surface area contributed by atoms with Gasteiger partial charge in [-0.05, 0) is 24.3 Å². The summed E-state index contributed by atoms with van der Waals surface area (Å²) in [4.78, 5) is 11.9. The maximum atomic E-state index is 13.5. The van der Waals surface area contributed by atoms with Crippen LogP contribution in [0.5, 0.6) is 0 Å². The molecule has 22 heavy (non-hydrogen) atoms. The van der Waals surface area contributed by atoms with E-state index in [1.807, 2.05) is 0 Å². The van der Waals surface area contributed by atoms with Gasteiger partial charge < -0.3 is 10.6 Å². The molecule has 0 aliphatic rings. The van der Waals surface area contributed by atoms with Crippen molar-refractivity contribution in [2.24, 2.45) is 0 Å². The zero-order valence-corrected chi connectivity index (χ0v) is 11.2. The van der Waals surface area contributed by atoms with Gasteiger partial charge in [0.25, 0.3) is 5.91 Å². The van der Waals surface area contributed by atoms with Gasteiger partial charge in [-0.2, -0.15) is 0 Å². The molecule has 5 nitrogen and oxygen atoms in total. The summed E-state index contributed by atoms with van der Waals surface area (Å²) in [7, 11) is 0. The molecule has 1 aromatic carbocycles. The summed E-state index contributed by atoms with van der Waals surface area (Å²) in [6.07, 6.45) is 1.62. The minimum absolute atomic E-state index is 0.103. The van der Waals surface area contributed by atoms with Gasteiger partial charge in [0.05, 0.1) is 5.69 Å². The van der Waals surface area contributed by atoms with E-state index in [-0.39, 0.29) is 5.69 Å². The lowest BCUT2D eigenvalue weighted by Gasteiger charge is -2.07. The molecule has 1 aromatic heterocycles. The molecule has 0 spiro atoms. The maximum absolute atomic E-state index is 13.5. The van der Waals surface area contributed by atoms with Gasteiger partial charge in [-0.25, -0.2) is 13.2 Å². The van der Waals surface area contributed by atoms with Gasteiger partial charge in [-0.3, -0.25) is 4.79 Å². The SMILES string of the molecule is C=CCNc1ccc(C(=O)Nc2ccc(F)c(F)c2F)nn1. The first-order valence-electron chi connectivity index (χ1n) is 6.16. The quantitative estimate of drug-likeness (QED) is 0.658. The second kappa shape index (κ2) is 6.70. The summed E-state index contributed by atoms with van der Waals surface area (Å²) in [5.41, 5.74) is -0.590. The molecule has 1 amide bonds. The van der Waals surface area contributed by atoms with E-state index in [2.05, 4.69) is 27.4 Å². The largest absolute Gasteiger partial charge is 0.365 e. The van der Waals surface area contributed by atoms with Gasteiger partial charge in [0.1, 0.15) is 5.82 Å². The Morgan fingerprint density at radius 2 is 1.91 bits per heavy atom. The number of aromatic nitrogens is 2. The average molecular weight is 308 g/mol. The van der Waals surface area contributed by atoms with E-state index in [9.17, 15) is 18.0 Å². The van der Waals surface area contributed by atoms with Crippen molar-refractivity contribution in [2.45, 2.75) is 0 Å². The van der Waals surface area contributed by atoms with Crippen LogP contribution in [0.2, 0.25) is 0 Å². The molecular formula is C14H11F3N4O. The number of nitrogens with zero attached hydrogens (tertiary/aromatic N) is 2. The van der Waals surface area contributed by atoms with Crippen molar-refractivity contribution < 1.29 is 18.0 Å². The molecule has 0 fully saturated rings. The zero-order valence-electron chi connectivity index (χ0n) is 11.2. The van der Waals surface area contributed by atoms with Crippen LogP contribution in [0.15, 0.2) is 36.9 Å². The first-order chi connectivity index (χ1) is 10.5. The van der Waals surface area contributed by atoms with Gasteiger partial charge in [-0.15, -0.1) is 16.8 Å². The molecule has 8 heteroatoms. The van der Waals surface area contributed by atoms with Crippen molar-refractivity contribution >= 4 is 17.4 Å². The summed E-state index contributed by atoms with van der Waals surface area (Å²) < 4.78 is 39.3. The molecule has 0 bridgehead atoms. The molecule has 0 aliphatic carbocycles. The predicted octanol–water partition coefficient (Wildman–Crippen LogP) is 2.74. The molecule has 0 unspecified atom stereocenters. The van der Waals surface area contributed by atoms with Crippen molar-refractivity contribution in [1.82, 2.24) is 10.2 Å². The third kappa shape index (κ3) is 3.40. The predicted molar refractivity (Wildman–Crippen MR) is 75.0 cm³/mol. The molecule has 2 aromatic rings. The third-order valence-corrected chi connectivity index (χ3v) is 2.61. The van der Waals surface area contributed by atoms with Crippen LogP contribution in [-0.4, -0.2) is 22.6 Å². The summed E-state index contributed by atoms with van der Waals surface area (Å²) in [5.74, 6) is -4.85. The number of carbonyl (C=O) groups excluding carboxylic acids is 1. The molecule has 2 N–H and O–H groups in total. The molecule has 0 aliphatic heterocycles. The lowest BCUT2D eigenvalue weighted by molar-refractivity contribution is 0.102. The lowest BCUT2D eigenvalue weighted by atomic mass is 10.2. The van der Waals surface area contributed by atoms with Gasteiger partial charge >= 0.3 is 0 Å². The van der Waals surface area contributed by atoms with E-state index in [0.717, 1.165) is 6.07 Å². The average Bonchev–Trinajstić information content (AvgIpc) is 2.54. The summed E-state index contributed by atoms with van der Waals surface area (Å²) >= 11 is 0. The molecule has 0 radical (unpaired) electrons. The smallest absolute Gasteiger partial charge is 0.276 e. The zero-order chi connectivity index (χ0) is 16.1. The molecule has 0 saturated carbocycles. The Morgan fingerprint density at radius 1 is 1.14 bits per heavy atom. The normalized spacial score (nSPS) is 10.1. The van der Waals surface area contributed by atoms with Crippen LogP contribution < -0.4 is 10.6 Å². The number of nitrogens with one attached hydrogen (secondary N) is 2. The Labute approximate surface area is 123 Å². The highest BCUT2D eigenvalue weighted by molar-refractivity contribution is 6.02. The van der Waals surface area contributed by atoms with Crippen molar-refractivity contribution in [2.75, 3.05) is 17.2 Å². The van der Waals surface area contributed by atoms with E-state index in [4.69, 9.17) is 0 Å². The molecule has 0 atom stereocenters. The van der Waals surface area contributed by atoms with E-state index in [1.165, 1.54) is 12.1 Å². The number of rotatable bonds is 5. The second-order valence-corrected chi connectivity index (χ2v) is 4.15. The van der Waals surface area contributed by atoms with E-state index in [1.54, 1.807) is 6.08 Å². The lowest BCUT2D eigenvalue weighted by Crippen LogP contribution is -2.16. The molecular weight excluding hydrogens is 297 g/mol. The summed E-state index contributed by atoms with van der Waals surface area (Å²) in [5, 5.41) is 12.3. The van der Waals surface area contributed by atoms with E-state index >= 15 is 0 Å². The van der Waals surface area contributed by atoms with Crippen molar-refractivity contribution in [1.29, 1.82) is 0 Å². The topological polar surface area (TPSA) is 66.9 Å². The number of hydrogen-bond acceptors (Lipinski definition) is 4. The number of anilines is 2. The van der Waals surface area contributed by atoms with Crippen LogP contribution in [0.25, 0.3) is 0 Å². The van der Waals surface area contributed by atoms with Crippen LogP contribution in [-0.2, 0) is 0 Å². The van der Waals surface area contributed by atoms with E-state index in [0.29, 0.717) is 18.4 Å². The summed E-state index contributed by atoms with van der Waals surface area (Å²) in [6, 6.07) is 4.47. The Hall–Kier alpha value is -2.90. The molecule has 2 rings (SSSR count). The third-order valence-electron chi connectivity index (χ3n) is 2.61. The Balaban J connectivity index is 2.12. The minimum Gasteiger partial charge on any atom is -0.365 e. The summed E-state index contributed by atoms with van der Waals surface area (Å²) in [6.45, 7) is 3.99.